The lowest BCUT2D eigenvalue weighted by molar-refractivity contribution is -0.0274. The molecule has 2 unspecified atom stereocenters. The first-order valence-corrected chi connectivity index (χ1v) is 4.14. The first-order valence-electron chi connectivity index (χ1n) is 4.14. The van der Waals surface area contributed by atoms with E-state index in [4.69, 9.17) is 10.5 Å². The van der Waals surface area contributed by atoms with Gasteiger partial charge in [0.05, 0.1) is 11.5 Å². The molecular formula is C8H15F2NO. The van der Waals surface area contributed by atoms with E-state index in [0.29, 0.717) is 6.42 Å². The summed E-state index contributed by atoms with van der Waals surface area (Å²) in [5.74, 6) is -2.61. The van der Waals surface area contributed by atoms with E-state index in [-0.39, 0.29) is 13.0 Å². The van der Waals surface area contributed by atoms with Gasteiger partial charge in [-0.1, -0.05) is 6.92 Å². The van der Waals surface area contributed by atoms with Crippen LogP contribution in [0, 0.1) is 5.41 Å². The summed E-state index contributed by atoms with van der Waals surface area (Å²) in [7, 11) is 1.46. The van der Waals surface area contributed by atoms with E-state index in [1.54, 1.807) is 0 Å². The summed E-state index contributed by atoms with van der Waals surface area (Å²) in [6.07, 6.45) is 0.0593. The number of halogens is 2. The van der Waals surface area contributed by atoms with Crippen molar-refractivity contribution in [1.82, 2.24) is 0 Å². The molecule has 0 bridgehead atoms. The van der Waals surface area contributed by atoms with E-state index < -0.39 is 17.4 Å². The lowest BCUT2D eigenvalue weighted by Crippen LogP contribution is -2.35. The van der Waals surface area contributed by atoms with Crippen LogP contribution in [0.15, 0.2) is 0 Å². The highest BCUT2D eigenvalue weighted by Crippen LogP contribution is 2.63. The monoisotopic (exact) mass is 179 g/mol. The molecule has 1 aliphatic carbocycles. The minimum atomic E-state index is -2.61. The lowest BCUT2D eigenvalue weighted by atomic mass is 9.96. The Kier molecular flexibility index (Phi) is 2.40. The van der Waals surface area contributed by atoms with Crippen molar-refractivity contribution in [3.05, 3.63) is 0 Å². The molecule has 0 aromatic carbocycles. The Hall–Kier alpha value is -0.220. The van der Waals surface area contributed by atoms with Crippen molar-refractivity contribution in [2.75, 3.05) is 13.7 Å². The number of alkyl halides is 2. The third-order valence-corrected chi connectivity index (χ3v) is 2.78. The van der Waals surface area contributed by atoms with Gasteiger partial charge in [0.25, 0.3) is 5.92 Å². The number of ether oxygens (including phenoxy) is 1. The highest BCUT2D eigenvalue weighted by Gasteiger charge is 2.73. The van der Waals surface area contributed by atoms with Gasteiger partial charge >= 0.3 is 0 Å². The normalized spacial score (nSPS) is 34.8. The van der Waals surface area contributed by atoms with Gasteiger partial charge in [-0.25, -0.2) is 8.78 Å². The molecule has 1 aliphatic rings. The summed E-state index contributed by atoms with van der Waals surface area (Å²) in [6.45, 7) is 1.84. The van der Waals surface area contributed by atoms with Gasteiger partial charge in [0, 0.05) is 20.1 Å². The summed E-state index contributed by atoms with van der Waals surface area (Å²) in [4.78, 5) is 0. The molecule has 2 atom stereocenters. The second-order valence-corrected chi connectivity index (χ2v) is 3.37. The molecule has 1 fully saturated rings. The number of rotatable bonds is 4. The zero-order valence-corrected chi connectivity index (χ0v) is 7.44. The van der Waals surface area contributed by atoms with Gasteiger partial charge in [-0.2, -0.15) is 0 Å². The van der Waals surface area contributed by atoms with E-state index >= 15 is 0 Å². The largest absolute Gasteiger partial charge is 0.381 e. The van der Waals surface area contributed by atoms with Gasteiger partial charge in [-0.05, 0) is 6.42 Å². The Morgan fingerprint density at radius 1 is 1.58 bits per heavy atom. The molecule has 0 aromatic rings. The molecule has 0 radical (unpaired) electrons. The van der Waals surface area contributed by atoms with Gasteiger partial charge in [0.15, 0.2) is 0 Å². The van der Waals surface area contributed by atoms with Crippen LogP contribution in [0.2, 0.25) is 0 Å². The fraction of sp³-hybridized carbons (Fsp3) is 1.00. The Balaban J connectivity index is 2.70. The number of hydrogen-bond acceptors (Lipinski definition) is 2. The summed E-state index contributed by atoms with van der Waals surface area (Å²) < 4.78 is 30.8. The third-order valence-electron chi connectivity index (χ3n) is 2.78. The quantitative estimate of drug-likeness (QED) is 0.708. The smallest absolute Gasteiger partial charge is 0.258 e. The second-order valence-electron chi connectivity index (χ2n) is 3.37. The molecule has 1 saturated carbocycles. The molecule has 12 heavy (non-hydrogen) atoms. The third kappa shape index (κ3) is 1.13. The zero-order chi connectivity index (χ0) is 9.41. The number of hydrogen-bond donors (Lipinski definition) is 1. The van der Waals surface area contributed by atoms with Gasteiger partial charge in [-0.3, -0.25) is 0 Å². The minimum absolute atomic E-state index is 0.00630. The first kappa shape index (κ1) is 9.86. The van der Waals surface area contributed by atoms with Gasteiger partial charge < -0.3 is 10.5 Å². The maximum absolute atomic E-state index is 12.9. The fourth-order valence-electron chi connectivity index (χ4n) is 1.84. The molecule has 2 N–H and O–H groups in total. The molecule has 0 heterocycles. The van der Waals surface area contributed by atoms with Crippen molar-refractivity contribution in [3.63, 3.8) is 0 Å². The van der Waals surface area contributed by atoms with Crippen LogP contribution >= 0.6 is 0 Å². The molecule has 0 aliphatic heterocycles. The van der Waals surface area contributed by atoms with Crippen LogP contribution in [0.4, 0.5) is 8.78 Å². The SMILES string of the molecule is CCC(OC)C1(CN)CC1(F)F. The van der Waals surface area contributed by atoms with Crippen molar-refractivity contribution in [2.24, 2.45) is 11.1 Å². The zero-order valence-electron chi connectivity index (χ0n) is 7.44. The summed E-state index contributed by atoms with van der Waals surface area (Å²) >= 11 is 0. The average molecular weight is 179 g/mol. The molecule has 0 saturated heterocycles. The minimum Gasteiger partial charge on any atom is -0.381 e. The van der Waals surface area contributed by atoms with E-state index in [0.717, 1.165) is 0 Å². The fourth-order valence-corrected chi connectivity index (χ4v) is 1.84. The Morgan fingerprint density at radius 3 is 2.17 bits per heavy atom. The van der Waals surface area contributed by atoms with E-state index in [9.17, 15) is 8.78 Å². The van der Waals surface area contributed by atoms with Gasteiger partial charge in [0.2, 0.25) is 0 Å². The van der Waals surface area contributed by atoms with Gasteiger partial charge in [0.1, 0.15) is 0 Å². The predicted molar refractivity (Wildman–Crippen MR) is 42.1 cm³/mol. The second kappa shape index (κ2) is 2.92. The van der Waals surface area contributed by atoms with Crippen LogP contribution in [0.1, 0.15) is 19.8 Å². The number of nitrogens with two attached hydrogens (primary N) is 1. The average Bonchev–Trinajstić information content (AvgIpc) is 2.58. The molecule has 72 valence electrons. The van der Waals surface area contributed by atoms with Crippen molar-refractivity contribution < 1.29 is 13.5 Å². The molecule has 0 spiro atoms. The molecular weight excluding hydrogens is 164 g/mol. The van der Waals surface area contributed by atoms with E-state index in [2.05, 4.69) is 0 Å². The highest BCUT2D eigenvalue weighted by atomic mass is 19.3. The van der Waals surface area contributed by atoms with Crippen LogP contribution in [-0.2, 0) is 4.74 Å². The van der Waals surface area contributed by atoms with E-state index in [1.165, 1.54) is 7.11 Å². The standard InChI is InChI=1S/C8H15F2NO/c1-3-6(12-2)7(5-11)4-8(7,9)10/h6H,3-5,11H2,1-2H3. The molecule has 0 amide bonds. The molecule has 1 rings (SSSR count). The maximum Gasteiger partial charge on any atom is 0.258 e. The first-order chi connectivity index (χ1) is 5.54. The van der Waals surface area contributed by atoms with Crippen LogP contribution in [0.5, 0.6) is 0 Å². The van der Waals surface area contributed by atoms with Crippen LogP contribution in [0.25, 0.3) is 0 Å². The summed E-state index contributed by atoms with van der Waals surface area (Å²) in [6, 6.07) is 0. The summed E-state index contributed by atoms with van der Waals surface area (Å²) in [5.41, 5.74) is 4.26. The Labute approximate surface area is 71.1 Å². The van der Waals surface area contributed by atoms with Crippen molar-refractivity contribution in [1.29, 1.82) is 0 Å². The highest BCUT2D eigenvalue weighted by molar-refractivity contribution is 5.14. The van der Waals surface area contributed by atoms with Crippen LogP contribution in [-0.4, -0.2) is 25.7 Å². The predicted octanol–water partition coefficient (Wildman–Crippen LogP) is 1.40. The topological polar surface area (TPSA) is 35.2 Å². The van der Waals surface area contributed by atoms with Crippen molar-refractivity contribution in [2.45, 2.75) is 31.8 Å². The Morgan fingerprint density at radius 2 is 2.08 bits per heavy atom. The molecule has 2 nitrogen and oxygen atoms in total. The van der Waals surface area contributed by atoms with Crippen molar-refractivity contribution >= 4 is 0 Å². The Bertz CT molecular complexity index is 170. The van der Waals surface area contributed by atoms with Crippen LogP contribution < -0.4 is 5.73 Å². The van der Waals surface area contributed by atoms with E-state index in [1.807, 2.05) is 6.92 Å². The van der Waals surface area contributed by atoms with Gasteiger partial charge in [-0.15, -0.1) is 0 Å². The van der Waals surface area contributed by atoms with Crippen molar-refractivity contribution in [3.8, 4) is 0 Å². The lowest BCUT2D eigenvalue weighted by Gasteiger charge is -2.23. The number of methoxy groups -OCH3 is 1. The van der Waals surface area contributed by atoms with Crippen LogP contribution in [0.3, 0.4) is 0 Å². The molecule has 4 heteroatoms. The maximum atomic E-state index is 12.9. The summed E-state index contributed by atoms with van der Waals surface area (Å²) in [5, 5.41) is 0. The molecule has 0 aromatic heterocycles.